The molecule has 1 aliphatic carbocycles. The van der Waals surface area contributed by atoms with Crippen molar-refractivity contribution in [1.82, 2.24) is 40.1 Å². The molecule has 1 unspecified atom stereocenters. The number of β-amino-alcohol motifs (C(OH)–C–C–N with tert-alkyl or cyclic N) is 1. The zero-order valence-electron chi connectivity index (χ0n) is 36.4. The van der Waals surface area contributed by atoms with Gasteiger partial charge in [0.1, 0.15) is 34.8 Å². The summed E-state index contributed by atoms with van der Waals surface area (Å²) in [5, 5.41) is 50.1. The summed E-state index contributed by atoms with van der Waals surface area (Å²) in [4.78, 5) is 28.2. The number of aliphatic hydroxyl groups excluding tert-OH is 2. The quantitative estimate of drug-likeness (QED) is 0.0879. The fraction of sp³-hybridized carbons (Fsp3) is 0.388. The number of thiazole rings is 1. The van der Waals surface area contributed by atoms with Crippen LogP contribution in [-0.2, 0) is 4.79 Å². The lowest BCUT2D eigenvalue weighted by atomic mass is 9.90. The van der Waals surface area contributed by atoms with Crippen molar-refractivity contribution in [2.45, 2.75) is 95.7 Å². The predicted molar refractivity (Wildman–Crippen MR) is 246 cm³/mol. The number of phenolic OH excluding ortho intramolecular Hbond substituents is 1. The van der Waals surface area contributed by atoms with Crippen LogP contribution in [-0.4, -0.2) is 94.0 Å². The van der Waals surface area contributed by atoms with E-state index >= 15 is 0 Å². The van der Waals surface area contributed by atoms with Gasteiger partial charge in [-0.25, -0.2) is 9.97 Å². The standard InChI is InChI=1S/C49H53N9O5S/c1-27(2)46(49(62)57-25-35(59)20-42(57)48(61)52-28(3)30-9-11-31(12-10-30)47-29(4)51-26-64-47)44-23-37(55-63-44)32-15-17-50-45(19-32)56-18-16-33(24-56)40-22-39-41(58(40)34-13-14-34)21-38(53-54-39)36-7-5-6-8-43(36)60/h5-12,15,17,19,21-23,26-28,33-35,42,46,49,59-60,62H,13-14,16,18,20,24-25H2,1-4H3,(H,52,61)/t28-,33+,35+,42-,46+,49?/m0/s1. The summed E-state index contributed by atoms with van der Waals surface area (Å²) in [5.41, 5.74) is 10.8. The summed E-state index contributed by atoms with van der Waals surface area (Å²) >= 11 is 1.60. The number of aromatic hydroxyl groups is 1. The number of pyridine rings is 1. The van der Waals surface area contributed by atoms with Crippen molar-refractivity contribution in [3.05, 3.63) is 113 Å². The maximum atomic E-state index is 13.9. The lowest BCUT2D eigenvalue weighted by Gasteiger charge is -2.34. The molecule has 5 aromatic heterocycles. The average molecular weight is 880 g/mol. The number of nitrogens with zero attached hydrogens (tertiary/aromatic N) is 8. The topological polar surface area (TPSA) is 179 Å². The number of anilines is 1. The first-order valence-electron chi connectivity index (χ1n) is 22.3. The highest BCUT2D eigenvalue weighted by Gasteiger charge is 2.44. The number of likely N-dealkylation sites (tertiary alicyclic amines) is 1. The third-order valence-electron chi connectivity index (χ3n) is 13.3. The van der Waals surface area contributed by atoms with E-state index in [2.05, 4.69) is 47.3 Å². The van der Waals surface area contributed by atoms with Gasteiger partial charge in [-0.05, 0) is 93.0 Å². The van der Waals surface area contributed by atoms with Crippen LogP contribution >= 0.6 is 11.3 Å². The third kappa shape index (κ3) is 8.06. The molecule has 10 rings (SSSR count). The van der Waals surface area contributed by atoms with E-state index < -0.39 is 24.3 Å². The normalized spacial score (nSPS) is 20.6. The zero-order chi connectivity index (χ0) is 44.2. The molecule has 14 nitrogen and oxygen atoms in total. The monoisotopic (exact) mass is 879 g/mol. The number of hydrogen-bond donors (Lipinski definition) is 4. The van der Waals surface area contributed by atoms with Crippen LogP contribution in [0.25, 0.3) is 44.0 Å². The number of aromatic nitrogens is 6. The summed E-state index contributed by atoms with van der Waals surface area (Å²) in [6, 6.07) is 24.8. The number of aryl methyl sites for hydroxylation is 1. The smallest absolute Gasteiger partial charge is 0.238 e. The van der Waals surface area contributed by atoms with Crippen LogP contribution in [0, 0.1) is 12.8 Å². The highest BCUT2D eigenvalue weighted by Crippen LogP contribution is 2.44. The molecule has 2 aromatic carbocycles. The van der Waals surface area contributed by atoms with Gasteiger partial charge in [-0.3, -0.25) is 9.69 Å². The summed E-state index contributed by atoms with van der Waals surface area (Å²) < 4.78 is 8.45. The van der Waals surface area contributed by atoms with Crippen molar-refractivity contribution in [3.8, 4) is 38.7 Å². The van der Waals surface area contributed by atoms with E-state index in [1.807, 2.05) is 87.8 Å². The number of hydrogen-bond acceptors (Lipinski definition) is 13. The molecule has 0 bridgehead atoms. The van der Waals surface area contributed by atoms with Gasteiger partial charge in [0.2, 0.25) is 5.91 Å². The largest absolute Gasteiger partial charge is 0.507 e. The molecule has 2 saturated heterocycles. The van der Waals surface area contributed by atoms with Crippen molar-refractivity contribution < 1.29 is 24.6 Å². The predicted octanol–water partition coefficient (Wildman–Crippen LogP) is 7.99. The highest BCUT2D eigenvalue weighted by molar-refractivity contribution is 7.13. The van der Waals surface area contributed by atoms with Crippen molar-refractivity contribution in [2.75, 3.05) is 24.5 Å². The van der Waals surface area contributed by atoms with Crippen LogP contribution in [0.4, 0.5) is 5.82 Å². The molecular weight excluding hydrogens is 827 g/mol. The minimum absolute atomic E-state index is 0.0827. The second-order valence-electron chi connectivity index (χ2n) is 18.0. The molecular formula is C49H53N9O5S. The number of para-hydroxylation sites is 1. The maximum absolute atomic E-state index is 13.9. The van der Waals surface area contributed by atoms with Crippen molar-refractivity contribution in [2.24, 2.45) is 5.92 Å². The number of benzene rings is 2. The van der Waals surface area contributed by atoms with E-state index in [0.29, 0.717) is 28.8 Å². The van der Waals surface area contributed by atoms with Gasteiger partial charge in [-0.15, -0.1) is 21.5 Å². The average Bonchev–Trinajstić information content (AvgIpc) is 3.81. The van der Waals surface area contributed by atoms with Gasteiger partial charge in [0.15, 0.2) is 0 Å². The Morgan fingerprint density at radius 3 is 2.48 bits per heavy atom. The maximum Gasteiger partial charge on any atom is 0.238 e. The highest BCUT2D eigenvalue weighted by atomic mass is 32.1. The Hall–Kier alpha value is -6.00. The Labute approximate surface area is 375 Å². The van der Waals surface area contributed by atoms with Gasteiger partial charge in [0.05, 0.1) is 51.4 Å². The number of rotatable bonds is 13. The first kappa shape index (κ1) is 42.0. The minimum Gasteiger partial charge on any atom is -0.507 e. The summed E-state index contributed by atoms with van der Waals surface area (Å²) in [5.74, 6) is 0.946. The number of carbonyl (C=O) groups excluding carboxylic acids is 1. The summed E-state index contributed by atoms with van der Waals surface area (Å²) in [6.07, 6.45) is 3.33. The third-order valence-corrected chi connectivity index (χ3v) is 14.3. The lowest BCUT2D eigenvalue weighted by molar-refractivity contribution is -0.131. The van der Waals surface area contributed by atoms with E-state index in [1.54, 1.807) is 34.6 Å². The molecule has 4 N–H and O–H groups in total. The van der Waals surface area contributed by atoms with E-state index in [-0.39, 0.29) is 42.5 Å². The second kappa shape index (κ2) is 17.2. The van der Waals surface area contributed by atoms with Crippen molar-refractivity contribution >= 4 is 34.1 Å². The van der Waals surface area contributed by atoms with Gasteiger partial charge < -0.3 is 34.6 Å². The molecule has 64 heavy (non-hydrogen) atoms. The van der Waals surface area contributed by atoms with Gasteiger partial charge in [-0.2, -0.15) is 0 Å². The SMILES string of the molecule is Cc1ncsc1-c1ccc([C@H](C)NC(=O)[C@@H]2C[C@@H](O)CN2C(O)[C@@H](c2cc(-c3ccnc(N4CC[C@@H](c5cc6nnc(-c7ccccc7O)cc6n5C5CC5)C4)c3)no2)C(C)C)cc1. The van der Waals surface area contributed by atoms with E-state index in [0.717, 1.165) is 76.5 Å². The Balaban J connectivity index is 0.829. The Kier molecular flexibility index (Phi) is 11.3. The minimum atomic E-state index is -1.12. The molecule has 3 aliphatic rings. The van der Waals surface area contributed by atoms with Gasteiger partial charge in [-0.1, -0.05) is 55.4 Å². The van der Waals surface area contributed by atoms with Crippen LogP contribution < -0.4 is 10.2 Å². The van der Waals surface area contributed by atoms with Gasteiger partial charge in [0, 0.05) is 60.7 Å². The Bertz CT molecular complexity index is 2800. The number of nitrogens with one attached hydrogen (secondary N) is 1. The summed E-state index contributed by atoms with van der Waals surface area (Å²) in [6.45, 7) is 9.73. The molecule has 1 saturated carbocycles. The van der Waals surface area contributed by atoms with Crippen LogP contribution in [0.15, 0.2) is 95.1 Å². The zero-order valence-corrected chi connectivity index (χ0v) is 37.2. The fourth-order valence-corrected chi connectivity index (χ4v) is 10.6. The summed E-state index contributed by atoms with van der Waals surface area (Å²) in [7, 11) is 0. The number of carbonyl (C=O) groups is 1. The molecule has 7 aromatic rings. The number of aliphatic hydroxyl groups is 2. The van der Waals surface area contributed by atoms with Crippen LogP contribution in [0.2, 0.25) is 0 Å². The second-order valence-corrected chi connectivity index (χ2v) is 18.9. The molecule has 1 amide bonds. The molecule has 15 heteroatoms. The van der Waals surface area contributed by atoms with Crippen LogP contribution in [0.5, 0.6) is 5.75 Å². The van der Waals surface area contributed by atoms with E-state index in [1.165, 1.54) is 5.69 Å². The number of amides is 1. The molecule has 0 radical (unpaired) electrons. The first-order chi connectivity index (χ1) is 31.0. The van der Waals surface area contributed by atoms with E-state index in [9.17, 15) is 20.1 Å². The van der Waals surface area contributed by atoms with Crippen molar-refractivity contribution in [1.29, 1.82) is 0 Å². The van der Waals surface area contributed by atoms with Gasteiger partial charge >= 0.3 is 0 Å². The first-order valence-corrected chi connectivity index (χ1v) is 23.2. The number of fused-ring (bicyclic) bond motifs is 1. The Morgan fingerprint density at radius 2 is 1.73 bits per heavy atom. The Morgan fingerprint density at radius 1 is 0.922 bits per heavy atom. The molecule has 330 valence electrons. The van der Waals surface area contributed by atoms with Gasteiger partial charge in [0.25, 0.3) is 0 Å². The van der Waals surface area contributed by atoms with Crippen LogP contribution in [0.3, 0.4) is 0 Å². The van der Waals surface area contributed by atoms with E-state index in [4.69, 9.17) is 9.51 Å². The number of phenols is 1. The molecule has 3 fully saturated rings. The molecule has 7 heterocycles. The molecule has 6 atom stereocenters. The van der Waals surface area contributed by atoms with Crippen LogP contribution in [0.1, 0.15) is 93.1 Å². The van der Waals surface area contributed by atoms with Crippen molar-refractivity contribution in [3.63, 3.8) is 0 Å². The molecule has 2 aliphatic heterocycles. The molecule has 0 spiro atoms. The fourth-order valence-electron chi connectivity index (χ4n) is 9.76. The lowest BCUT2D eigenvalue weighted by Crippen LogP contribution is -2.50.